The van der Waals surface area contributed by atoms with E-state index in [2.05, 4.69) is 20.7 Å². The smallest absolute Gasteiger partial charge is 0.309 e. The Bertz CT molecular complexity index is 431. The second-order valence-electron chi connectivity index (χ2n) is 3.80. The monoisotopic (exact) mass is 314 g/mol. The molecule has 0 aliphatic rings. The van der Waals surface area contributed by atoms with Crippen LogP contribution in [0.1, 0.15) is 12.0 Å². The molecule has 0 aliphatic carbocycles. The molecule has 1 aromatic rings. The Kier molecular flexibility index (Phi) is 5.85. The molecule has 18 heavy (non-hydrogen) atoms. The van der Waals surface area contributed by atoms with Gasteiger partial charge in [-0.2, -0.15) is 0 Å². The lowest BCUT2D eigenvalue weighted by Gasteiger charge is -2.14. The highest BCUT2D eigenvalue weighted by atomic mass is 79.9. The van der Waals surface area contributed by atoms with E-state index in [1.54, 1.807) is 0 Å². The lowest BCUT2D eigenvalue weighted by molar-refractivity contribution is -0.152. The van der Waals surface area contributed by atoms with Crippen molar-refractivity contribution in [3.05, 3.63) is 34.3 Å². The number of ether oxygens (including phenoxy) is 2. The summed E-state index contributed by atoms with van der Waals surface area (Å²) in [6.45, 7) is 0. The molecular formula is C13H15BrO4. The van der Waals surface area contributed by atoms with Gasteiger partial charge < -0.3 is 9.47 Å². The first kappa shape index (κ1) is 14.7. The van der Waals surface area contributed by atoms with Crippen LogP contribution in [0.4, 0.5) is 0 Å². The summed E-state index contributed by atoms with van der Waals surface area (Å²) in [5.41, 5.74) is 0.955. The molecule has 0 aliphatic heterocycles. The number of methoxy groups -OCH3 is 2. The topological polar surface area (TPSA) is 52.6 Å². The molecule has 0 radical (unpaired) electrons. The summed E-state index contributed by atoms with van der Waals surface area (Å²) in [6, 6.07) is 7.56. The van der Waals surface area contributed by atoms with Gasteiger partial charge in [0, 0.05) is 4.47 Å². The molecule has 0 bridgehead atoms. The first-order valence-corrected chi connectivity index (χ1v) is 6.25. The minimum atomic E-state index is -0.527. The van der Waals surface area contributed by atoms with Crippen molar-refractivity contribution in [1.29, 1.82) is 0 Å². The standard InChI is InChI=1S/C13H15BrO4/c1-17-12(15)8-10(13(16)18-2)7-9-5-3-4-6-11(9)14/h3-6,10H,7-8H2,1-2H3/t10-/m1/s1. The largest absolute Gasteiger partial charge is 0.469 e. The average molecular weight is 315 g/mol. The van der Waals surface area contributed by atoms with E-state index in [1.165, 1.54) is 14.2 Å². The highest BCUT2D eigenvalue weighted by molar-refractivity contribution is 9.10. The highest BCUT2D eigenvalue weighted by Crippen LogP contribution is 2.22. The molecule has 0 spiro atoms. The van der Waals surface area contributed by atoms with Gasteiger partial charge in [-0.3, -0.25) is 9.59 Å². The first-order valence-electron chi connectivity index (χ1n) is 5.46. The second kappa shape index (κ2) is 7.16. The van der Waals surface area contributed by atoms with Crippen molar-refractivity contribution in [2.24, 2.45) is 5.92 Å². The molecule has 0 amide bonds. The Hall–Kier alpha value is -1.36. The maximum Gasteiger partial charge on any atom is 0.309 e. The van der Waals surface area contributed by atoms with Gasteiger partial charge in [0.05, 0.1) is 26.6 Å². The van der Waals surface area contributed by atoms with Crippen LogP contribution < -0.4 is 0 Å². The molecule has 5 heteroatoms. The zero-order valence-corrected chi connectivity index (χ0v) is 11.9. The number of carbonyl (C=O) groups is 2. The Morgan fingerprint density at radius 2 is 1.89 bits per heavy atom. The quantitative estimate of drug-likeness (QED) is 0.783. The zero-order chi connectivity index (χ0) is 13.5. The number of esters is 2. The molecule has 98 valence electrons. The number of halogens is 1. The minimum absolute atomic E-state index is 0.0184. The van der Waals surface area contributed by atoms with E-state index in [9.17, 15) is 9.59 Å². The summed E-state index contributed by atoms with van der Waals surface area (Å²) in [5.74, 6) is -1.35. The fraction of sp³-hybridized carbons (Fsp3) is 0.385. The fourth-order valence-corrected chi connectivity index (χ4v) is 2.07. The van der Waals surface area contributed by atoms with E-state index in [0.29, 0.717) is 6.42 Å². The summed E-state index contributed by atoms with van der Waals surface area (Å²) in [4.78, 5) is 22.9. The van der Waals surface area contributed by atoms with Gasteiger partial charge >= 0.3 is 11.9 Å². The molecule has 4 nitrogen and oxygen atoms in total. The van der Waals surface area contributed by atoms with Crippen LogP contribution in [0, 0.1) is 5.92 Å². The third-order valence-corrected chi connectivity index (χ3v) is 3.37. The molecule has 1 rings (SSSR count). The minimum Gasteiger partial charge on any atom is -0.469 e. The predicted octanol–water partition coefficient (Wildman–Crippen LogP) is 2.34. The normalized spacial score (nSPS) is 11.7. The van der Waals surface area contributed by atoms with Crippen molar-refractivity contribution < 1.29 is 19.1 Å². The average Bonchev–Trinajstić information content (AvgIpc) is 2.39. The molecule has 0 fully saturated rings. The second-order valence-corrected chi connectivity index (χ2v) is 4.65. The molecule has 0 saturated carbocycles. The van der Waals surface area contributed by atoms with Crippen LogP contribution in [0.3, 0.4) is 0 Å². The Morgan fingerprint density at radius 1 is 1.22 bits per heavy atom. The van der Waals surface area contributed by atoms with Crippen molar-refractivity contribution in [2.75, 3.05) is 14.2 Å². The van der Waals surface area contributed by atoms with Crippen LogP contribution in [-0.2, 0) is 25.5 Å². The van der Waals surface area contributed by atoms with E-state index >= 15 is 0 Å². The third-order valence-electron chi connectivity index (χ3n) is 2.60. The van der Waals surface area contributed by atoms with Crippen LogP contribution in [0.25, 0.3) is 0 Å². The number of carbonyl (C=O) groups excluding carboxylic acids is 2. The van der Waals surface area contributed by atoms with Crippen LogP contribution in [0.15, 0.2) is 28.7 Å². The van der Waals surface area contributed by atoms with Gasteiger partial charge in [0.2, 0.25) is 0 Å². The number of hydrogen-bond acceptors (Lipinski definition) is 4. The van der Waals surface area contributed by atoms with Crippen LogP contribution >= 0.6 is 15.9 Å². The van der Waals surface area contributed by atoms with Crippen molar-refractivity contribution in [3.63, 3.8) is 0 Å². The number of rotatable bonds is 5. The number of hydrogen-bond donors (Lipinski definition) is 0. The summed E-state index contributed by atoms with van der Waals surface area (Å²) < 4.78 is 10.2. The molecule has 1 aromatic carbocycles. The SMILES string of the molecule is COC(=O)C[C@@H](Cc1ccccc1Br)C(=O)OC. The van der Waals surface area contributed by atoms with Crippen molar-refractivity contribution in [1.82, 2.24) is 0 Å². The maximum atomic E-state index is 11.6. The van der Waals surface area contributed by atoms with Gasteiger partial charge in [0.25, 0.3) is 0 Å². The number of benzene rings is 1. The van der Waals surface area contributed by atoms with E-state index in [0.717, 1.165) is 10.0 Å². The lowest BCUT2D eigenvalue weighted by atomic mass is 9.96. The predicted molar refractivity (Wildman–Crippen MR) is 70.0 cm³/mol. The van der Waals surface area contributed by atoms with Gasteiger partial charge in [-0.05, 0) is 18.1 Å². The molecule has 0 unspecified atom stereocenters. The Labute approximate surface area is 114 Å². The van der Waals surface area contributed by atoms with E-state index in [4.69, 9.17) is 4.74 Å². The summed E-state index contributed by atoms with van der Waals surface area (Å²) in [6.07, 6.45) is 0.452. The van der Waals surface area contributed by atoms with Gasteiger partial charge in [-0.15, -0.1) is 0 Å². The third kappa shape index (κ3) is 4.14. The van der Waals surface area contributed by atoms with Gasteiger partial charge in [-0.25, -0.2) is 0 Å². The Balaban J connectivity index is 2.82. The molecule has 1 atom stereocenters. The van der Waals surface area contributed by atoms with Crippen LogP contribution in [-0.4, -0.2) is 26.2 Å². The molecule has 0 heterocycles. The summed E-state index contributed by atoms with van der Waals surface area (Å²) >= 11 is 3.41. The Morgan fingerprint density at radius 3 is 2.44 bits per heavy atom. The van der Waals surface area contributed by atoms with E-state index in [1.807, 2.05) is 24.3 Å². The van der Waals surface area contributed by atoms with Crippen molar-refractivity contribution >= 4 is 27.9 Å². The first-order chi connectivity index (χ1) is 8.58. The summed E-state index contributed by atoms with van der Waals surface area (Å²) in [7, 11) is 2.61. The molecule has 0 aromatic heterocycles. The van der Waals surface area contributed by atoms with E-state index < -0.39 is 17.9 Å². The van der Waals surface area contributed by atoms with Gasteiger partial charge in [-0.1, -0.05) is 34.1 Å². The van der Waals surface area contributed by atoms with Crippen molar-refractivity contribution in [2.45, 2.75) is 12.8 Å². The molecule has 0 N–H and O–H groups in total. The van der Waals surface area contributed by atoms with Crippen LogP contribution in [0.5, 0.6) is 0 Å². The van der Waals surface area contributed by atoms with Gasteiger partial charge in [0.15, 0.2) is 0 Å². The maximum absolute atomic E-state index is 11.6. The highest BCUT2D eigenvalue weighted by Gasteiger charge is 2.24. The van der Waals surface area contributed by atoms with E-state index in [-0.39, 0.29) is 6.42 Å². The molecule has 0 saturated heterocycles. The van der Waals surface area contributed by atoms with Crippen molar-refractivity contribution in [3.8, 4) is 0 Å². The van der Waals surface area contributed by atoms with Gasteiger partial charge in [0.1, 0.15) is 0 Å². The zero-order valence-electron chi connectivity index (χ0n) is 10.3. The van der Waals surface area contributed by atoms with Crippen LogP contribution in [0.2, 0.25) is 0 Å². The lowest BCUT2D eigenvalue weighted by Crippen LogP contribution is -2.22. The fourth-order valence-electron chi connectivity index (χ4n) is 1.62. The molecular weight excluding hydrogens is 300 g/mol. The summed E-state index contributed by atoms with van der Waals surface area (Å²) in [5, 5.41) is 0.